The molecule has 3 nitrogen and oxygen atoms in total. The van der Waals surface area contributed by atoms with Gasteiger partial charge in [0.2, 0.25) is 0 Å². The summed E-state index contributed by atoms with van der Waals surface area (Å²) >= 11 is 0. The zero-order chi connectivity index (χ0) is 47.5. The lowest BCUT2D eigenvalue weighted by Crippen LogP contribution is -1.89. The van der Waals surface area contributed by atoms with Crippen molar-refractivity contribution < 1.29 is 0 Å². The van der Waals surface area contributed by atoms with Crippen LogP contribution in [0.5, 0.6) is 0 Å². The minimum absolute atomic E-state index is 0.585. The molecule has 0 spiro atoms. The van der Waals surface area contributed by atoms with E-state index in [0.29, 0.717) is 16.7 Å². The highest BCUT2D eigenvalue weighted by Crippen LogP contribution is 2.36. The van der Waals surface area contributed by atoms with Gasteiger partial charge >= 0.3 is 0 Å². The molecular weight excluding hydrogens is 811 g/mol. The van der Waals surface area contributed by atoms with Crippen LogP contribution < -0.4 is 0 Å². The van der Waals surface area contributed by atoms with E-state index in [9.17, 15) is 15.8 Å². The van der Waals surface area contributed by atoms with Crippen molar-refractivity contribution in [2.24, 2.45) is 0 Å². The molecule has 9 rings (SSSR count). The van der Waals surface area contributed by atoms with Gasteiger partial charge in [-0.3, -0.25) is 0 Å². The lowest BCUT2D eigenvalue weighted by molar-refractivity contribution is 1.09. The molecule has 0 fully saturated rings. The fourth-order valence-corrected chi connectivity index (χ4v) is 7.91. The van der Waals surface area contributed by atoms with Crippen molar-refractivity contribution in [1.82, 2.24) is 0 Å². The predicted octanol–water partition coefficient (Wildman–Crippen LogP) is 18.1. The van der Waals surface area contributed by atoms with Crippen molar-refractivity contribution in [2.45, 2.75) is 48.0 Å². The second-order valence-corrected chi connectivity index (χ2v) is 15.4. The van der Waals surface area contributed by atoms with Gasteiger partial charge in [-0.25, -0.2) is 0 Å². The molecule has 3 heteroatoms. The van der Waals surface area contributed by atoms with Gasteiger partial charge in [0.25, 0.3) is 0 Å². The van der Waals surface area contributed by atoms with Crippen molar-refractivity contribution in [2.75, 3.05) is 0 Å². The monoisotopic (exact) mass is 865 g/mol. The van der Waals surface area contributed by atoms with Crippen LogP contribution in [0, 0.1) is 34.0 Å². The van der Waals surface area contributed by atoms with Crippen LogP contribution in [0.15, 0.2) is 212 Å². The molecule has 0 N–H and O–H groups in total. The van der Waals surface area contributed by atoms with E-state index in [2.05, 4.69) is 147 Å². The van der Waals surface area contributed by atoms with E-state index < -0.39 is 0 Å². The normalized spacial score (nSPS) is 9.96. The van der Waals surface area contributed by atoms with Crippen LogP contribution in [0.1, 0.15) is 64.7 Å². The maximum absolute atomic E-state index is 10.2. The Labute approximate surface area is 398 Å². The molecule has 326 valence electrons. The number of rotatable bonds is 8. The molecular formula is C64H55N3. The van der Waals surface area contributed by atoms with Gasteiger partial charge < -0.3 is 0 Å². The minimum Gasteiger partial charge on any atom is -0.192 e. The molecule has 0 bridgehead atoms. The molecule has 0 aliphatic carbocycles. The maximum atomic E-state index is 10.2. The molecule has 67 heavy (non-hydrogen) atoms. The molecule has 0 aromatic heterocycles. The standard InChI is InChI=1S/C57H35N3.C3H8.2C2H6/c58-36-39-27-52(48-21-9-17-44(31-48)42-15-7-19-46(29-42)50-23-25-56(54(33-50)37-59)40-11-3-1-4-12-40)35-53(28-39)49-22-10-18-45(32-49)43-16-8-20-47(30-43)51-24-26-57(55(34-51)38-60)41-13-5-2-6-14-41;1-3-2;2*1-2/h1-35H;3H2,1-2H3;2*1-2H3. The van der Waals surface area contributed by atoms with Crippen LogP contribution in [0.25, 0.3) is 89.0 Å². The van der Waals surface area contributed by atoms with Gasteiger partial charge in [-0.1, -0.05) is 206 Å². The average Bonchev–Trinajstić information content (AvgIpc) is 3.42. The Kier molecular flexibility index (Phi) is 17.1. The molecule has 0 saturated heterocycles. The molecule has 0 aliphatic heterocycles. The van der Waals surface area contributed by atoms with E-state index in [-0.39, 0.29) is 0 Å². The van der Waals surface area contributed by atoms with Gasteiger partial charge in [-0.05, 0) is 144 Å². The number of nitriles is 3. The first-order valence-corrected chi connectivity index (χ1v) is 23.1. The number of hydrogen-bond donors (Lipinski definition) is 0. The molecule has 0 aliphatic rings. The summed E-state index contributed by atoms with van der Waals surface area (Å²) in [6.45, 7) is 12.2. The fraction of sp³-hybridized carbons (Fsp3) is 0.109. The van der Waals surface area contributed by atoms with E-state index in [0.717, 1.165) is 89.0 Å². The fourth-order valence-electron chi connectivity index (χ4n) is 7.91. The summed E-state index contributed by atoms with van der Waals surface area (Å²) in [6.07, 6.45) is 1.25. The smallest absolute Gasteiger partial charge is 0.0998 e. The van der Waals surface area contributed by atoms with Gasteiger partial charge in [-0.2, -0.15) is 15.8 Å². The third kappa shape index (κ3) is 11.6. The second kappa shape index (κ2) is 23.9. The molecule has 0 amide bonds. The lowest BCUT2D eigenvalue weighted by atomic mass is 9.91. The Bertz CT molecular complexity index is 2990. The number of benzene rings is 9. The van der Waals surface area contributed by atoms with Crippen molar-refractivity contribution in [3.63, 3.8) is 0 Å². The zero-order valence-electron chi connectivity index (χ0n) is 39.3. The molecule has 0 saturated carbocycles. The van der Waals surface area contributed by atoms with E-state index in [1.165, 1.54) is 6.42 Å². The summed E-state index contributed by atoms with van der Waals surface area (Å²) in [5.41, 5.74) is 17.9. The summed E-state index contributed by atoms with van der Waals surface area (Å²) < 4.78 is 0. The minimum atomic E-state index is 0.585. The van der Waals surface area contributed by atoms with Crippen molar-refractivity contribution in [3.05, 3.63) is 229 Å². The van der Waals surface area contributed by atoms with Crippen molar-refractivity contribution >= 4 is 0 Å². The molecule has 0 unspecified atom stereocenters. The summed E-state index contributed by atoms with van der Waals surface area (Å²) in [5.74, 6) is 0. The Morgan fingerprint density at radius 3 is 0.806 bits per heavy atom. The van der Waals surface area contributed by atoms with Crippen molar-refractivity contribution in [3.8, 4) is 107 Å². The van der Waals surface area contributed by atoms with Crippen LogP contribution >= 0.6 is 0 Å². The van der Waals surface area contributed by atoms with Gasteiger partial charge in [0.05, 0.1) is 34.9 Å². The average molecular weight is 866 g/mol. The van der Waals surface area contributed by atoms with Crippen LogP contribution in [-0.4, -0.2) is 0 Å². The predicted molar refractivity (Wildman–Crippen MR) is 283 cm³/mol. The molecule has 0 atom stereocenters. The largest absolute Gasteiger partial charge is 0.192 e. The highest BCUT2D eigenvalue weighted by atomic mass is 14.3. The molecule has 0 radical (unpaired) electrons. The summed E-state index contributed by atoms with van der Waals surface area (Å²) in [4.78, 5) is 0. The van der Waals surface area contributed by atoms with Crippen molar-refractivity contribution in [1.29, 1.82) is 15.8 Å². The third-order valence-corrected chi connectivity index (χ3v) is 11.0. The van der Waals surface area contributed by atoms with Gasteiger partial charge in [0.1, 0.15) is 0 Å². The second-order valence-electron chi connectivity index (χ2n) is 15.4. The number of hydrogen-bond acceptors (Lipinski definition) is 3. The quantitative estimate of drug-likeness (QED) is 0.153. The highest BCUT2D eigenvalue weighted by Gasteiger charge is 2.13. The van der Waals surface area contributed by atoms with Crippen LogP contribution in [0.3, 0.4) is 0 Å². The Morgan fingerprint density at radius 2 is 0.522 bits per heavy atom. The summed E-state index contributed by atoms with van der Waals surface area (Å²) in [7, 11) is 0. The van der Waals surface area contributed by atoms with Crippen LogP contribution in [0.4, 0.5) is 0 Å². The lowest BCUT2D eigenvalue weighted by Gasteiger charge is -2.12. The Morgan fingerprint density at radius 1 is 0.269 bits per heavy atom. The SMILES string of the molecule is CC.CC.CCC.N#Cc1cc(-c2cccc(-c3cccc(-c4ccc(-c5ccccc5)c(C#N)c4)c3)c2)cc(-c2cccc(-c3cccc(-c4ccc(-c5ccccc5)c(C#N)c4)c3)c2)c1. The van der Waals surface area contributed by atoms with Gasteiger partial charge in [0, 0.05) is 0 Å². The van der Waals surface area contributed by atoms with E-state index in [4.69, 9.17) is 0 Å². The summed E-state index contributed by atoms with van der Waals surface area (Å²) in [6, 6.07) is 79.0. The first kappa shape index (κ1) is 47.9. The molecule has 9 aromatic rings. The maximum Gasteiger partial charge on any atom is 0.0998 e. The molecule has 9 aromatic carbocycles. The Hall–Kier alpha value is -8.55. The topological polar surface area (TPSA) is 71.4 Å². The first-order valence-electron chi connectivity index (χ1n) is 23.1. The van der Waals surface area contributed by atoms with Gasteiger partial charge in [0.15, 0.2) is 0 Å². The zero-order valence-corrected chi connectivity index (χ0v) is 39.3. The first-order chi connectivity index (χ1) is 33.0. The molecule has 0 heterocycles. The Balaban J connectivity index is 0.00000101. The van der Waals surface area contributed by atoms with Gasteiger partial charge in [-0.15, -0.1) is 0 Å². The summed E-state index contributed by atoms with van der Waals surface area (Å²) in [5, 5.41) is 30.2. The van der Waals surface area contributed by atoms with Crippen LogP contribution in [-0.2, 0) is 0 Å². The van der Waals surface area contributed by atoms with E-state index in [1.807, 2.05) is 125 Å². The highest BCUT2D eigenvalue weighted by molar-refractivity contribution is 5.84. The number of nitrogens with zero attached hydrogens (tertiary/aromatic N) is 3. The van der Waals surface area contributed by atoms with E-state index in [1.54, 1.807) is 0 Å². The third-order valence-electron chi connectivity index (χ3n) is 11.0. The van der Waals surface area contributed by atoms with E-state index >= 15 is 0 Å². The van der Waals surface area contributed by atoms with Crippen LogP contribution in [0.2, 0.25) is 0 Å².